The highest BCUT2D eigenvalue weighted by molar-refractivity contribution is 7.07. The van der Waals surface area contributed by atoms with E-state index in [4.69, 9.17) is 28.4 Å². The first-order valence-electron chi connectivity index (χ1n) is 15.9. The molecular formula is C37H33N3O9S. The molecular weight excluding hydrogens is 662 g/mol. The minimum Gasteiger partial charge on any atom is -0.496 e. The van der Waals surface area contributed by atoms with Gasteiger partial charge in [0.25, 0.3) is 11.2 Å². The number of non-ortho nitro benzene ring substituents is 1. The van der Waals surface area contributed by atoms with Gasteiger partial charge < -0.3 is 23.4 Å². The van der Waals surface area contributed by atoms with E-state index in [1.807, 2.05) is 44.2 Å². The number of nitrogens with zero attached hydrogens (tertiary/aromatic N) is 3. The van der Waals surface area contributed by atoms with Crippen LogP contribution in [0.5, 0.6) is 17.2 Å². The molecule has 0 amide bonds. The monoisotopic (exact) mass is 695 g/mol. The van der Waals surface area contributed by atoms with Gasteiger partial charge >= 0.3 is 5.97 Å². The highest BCUT2D eigenvalue weighted by Gasteiger charge is 2.35. The molecule has 13 heteroatoms. The largest absolute Gasteiger partial charge is 0.496 e. The second-order valence-corrected chi connectivity index (χ2v) is 11.9. The molecule has 2 aromatic heterocycles. The Balaban J connectivity index is 1.56. The summed E-state index contributed by atoms with van der Waals surface area (Å²) in [5, 5.41) is 11.4. The molecule has 1 atom stereocenters. The maximum absolute atomic E-state index is 14.4. The molecule has 3 heterocycles. The van der Waals surface area contributed by atoms with Crippen LogP contribution in [0.25, 0.3) is 23.1 Å². The highest BCUT2D eigenvalue weighted by atomic mass is 32.1. The van der Waals surface area contributed by atoms with Crippen molar-refractivity contribution in [3.8, 4) is 28.6 Å². The number of hydrogen-bond donors (Lipinski definition) is 0. The first kappa shape index (κ1) is 33.9. The van der Waals surface area contributed by atoms with Crippen molar-refractivity contribution in [2.75, 3.05) is 26.9 Å². The molecule has 5 aromatic rings. The van der Waals surface area contributed by atoms with Gasteiger partial charge in [0.15, 0.2) is 16.3 Å². The van der Waals surface area contributed by atoms with E-state index in [9.17, 15) is 19.7 Å². The minimum atomic E-state index is -0.932. The van der Waals surface area contributed by atoms with Crippen LogP contribution in [0, 0.1) is 10.1 Å². The van der Waals surface area contributed by atoms with Gasteiger partial charge in [0, 0.05) is 23.8 Å². The Morgan fingerprint density at radius 1 is 0.960 bits per heavy atom. The van der Waals surface area contributed by atoms with Crippen LogP contribution in [0.15, 0.2) is 98.6 Å². The number of benzene rings is 3. The van der Waals surface area contributed by atoms with Crippen molar-refractivity contribution in [2.45, 2.75) is 26.8 Å². The third-order valence-electron chi connectivity index (χ3n) is 7.82. The third kappa shape index (κ3) is 6.54. The van der Waals surface area contributed by atoms with Crippen molar-refractivity contribution >= 4 is 34.8 Å². The van der Waals surface area contributed by atoms with E-state index >= 15 is 0 Å². The SMILES string of the molecule is CCOC(=O)C1=C(c2ccccc2)N=c2s/c(=C/c3ccc(-c4cc([N+](=O)[O-])ccc4OC)o3)c(=O)n2[C@@H]1c1ccc(OCC)c(OCC)c1. The fourth-order valence-electron chi connectivity index (χ4n) is 5.70. The predicted octanol–water partition coefficient (Wildman–Crippen LogP) is 5.91. The Labute approximate surface area is 290 Å². The number of aromatic nitrogens is 1. The third-order valence-corrected chi connectivity index (χ3v) is 8.80. The summed E-state index contributed by atoms with van der Waals surface area (Å²) in [6.07, 6.45) is 1.58. The maximum atomic E-state index is 14.4. The zero-order valence-electron chi connectivity index (χ0n) is 27.7. The van der Waals surface area contributed by atoms with Crippen molar-refractivity contribution in [1.82, 2.24) is 4.57 Å². The van der Waals surface area contributed by atoms with Gasteiger partial charge in [0.2, 0.25) is 0 Å². The summed E-state index contributed by atoms with van der Waals surface area (Å²) in [7, 11) is 1.46. The van der Waals surface area contributed by atoms with E-state index in [-0.39, 0.29) is 22.4 Å². The Morgan fingerprint density at radius 2 is 1.70 bits per heavy atom. The molecule has 3 aromatic carbocycles. The highest BCUT2D eigenvalue weighted by Crippen LogP contribution is 2.39. The molecule has 0 saturated carbocycles. The summed E-state index contributed by atoms with van der Waals surface area (Å²) in [4.78, 5) is 44.4. The average molecular weight is 696 g/mol. The Morgan fingerprint density at radius 3 is 2.40 bits per heavy atom. The van der Waals surface area contributed by atoms with Gasteiger partial charge in [0.05, 0.1) is 59.3 Å². The normalized spacial score (nSPS) is 14.2. The number of nitro benzene ring substituents is 1. The lowest BCUT2D eigenvalue weighted by molar-refractivity contribution is -0.384. The number of nitro groups is 1. The molecule has 50 heavy (non-hydrogen) atoms. The molecule has 0 N–H and O–H groups in total. The molecule has 0 saturated heterocycles. The number of rotatable bonds is 12. The number of esters is 1. The molecule has 6 rings (SSSR count). The average Bonchev–Trinajstić information content (AvgIpc) is 3.72. The molecule has 0 unspecified atom stereocenters. The van der Waals surface area contributed by atoms with Crippen LogP contribution in [-0.2, 0) is 9.53 Å². The number of fused-ring (bicyclic) bond motifs is 1. The van der Waals surface area contributed by atoms with Crippen molar-refractivity contribution < 1.29 is 33.1 Å². The van der Waals surface area contributed by atoms with Gasteiger partial charge in [-0.2, -0.15) is 0 Å². The second kappa shape index (κ2) is 14.7. The van der Waals surface area contributed by atoms with Gasteiger partial charge in [-0.1, -0.05) is 47.7 Å². The van der Waals surface area contributed by atoms with E-state index in [0.717, 1.165) is 11.3 Å². The Kier molecular flexibility index (Phi) is 9.95. The smallest absolute Gasteiger partial charge is 0.338 e. The van der Waals surface area contributed by atoms with Crippen LogP contribution in [0.1, 0.15) is 43.7 Å². The molecule has 1 aliphatic heterocycles. The van der Waals surface area contributed by atoms with Gasteiger partial charge in [-0.3, -0.25) is 19.5 Å². The maximum Gasteiger partial charge on any atom is 0.338 e. The fraction of sp³-hybridized carbons (Fsp3) is 0.216. The van der Waals surface area contributed by atoms with E-state index in [0.29, 0.717) is 69.2 Å². The van der Waals surface area contributed by atoms with E-state index in [1.165, 1.54) is 29.9 Å². The van der Waals surface area contributed by atoms with Gasteiger partial charge in [-0.15, -0.1) is 0 Å². The summed E-state index contributed by atoms with van der Waals surface area (Å²) in [5.41, 5.74) is 1.69. The lowest BCUT2D eigenvalue weighted by Crippen LogP contribution is -2.40. The second-order valence-electron chi connectivity index (χ2n) is 10.8. The zero-order valence-corrected chi connectivity index (χ0v) is 28.5. The molecule has 1 aliphatic rings. The predicted molar refractivity (Wildman–Crippen MR) is 187 cm³/mol. The van der Waals surface area contributed by atoms with Crippen LogP contribution >= 0.6 is 11.3 Å². The lowest BCUT2D eigenvalue weighted by atomic mass is 9.93. The van der Waals surface area contributed by atoms with Crippen molar-refractivity contribution in [3.63, 3.8) is 0 Å². The van der Waals surface area contributed by atoms with Crippen LogP contribution in [-0.4, -0.2) is 42.4 Å². The standard InChI is InChI=1S/C37H33N3O9S/c1-5-46-29-16-13-23(19-30(29)47-6-2)34-32(36(42)48-7-3)33(22-11-9-8-10-12-22)38-37-39(34)35(41)31(50-37)21-25-15-18-28(49-25)26-20-24(40(43)44)14-17-27(26)45-4/h8-21,34H,5-7H2,1-4H3/b31-21+/t34-/m1/s1. The Bertz CT molecular complexity index is 2290. The molecule has 0 spiro atoms. The zero-order chi connectivity index (χ0) is 35.4. The summed E-state index contributed by atoms with van der Waals surface area (Å²) in [6.45, 7) is 6.36. The Hall–Kier alpha value is -5.95. The van der Waals surface area contributed by atoms with E-state index in [1.54, 1.807) is 43.3 Å². The van der Waals surface area contributed by atoms with E-state index in [2.05, 4.69) is 0 Å². The topological polar surface area (TPSA) is 145 Å². The first-order chi connectivity index (χ1) is 24.3. The number of thiazole rings is 1. The lowest BCUT2D eigenvalue weighted by Gasteiger charge is -2.26. The van der Waals surface area contributed by atoms with Crippen LogP contribution < -0.4 is 29.1 Å². The van der Waals surface area contributed by atoms with E-state index < -0.39 is 22.5 Å². The molecule has 0 fully saturated rings. The molecule has 0 radical (unpaired) electrons. The number of furan rings is 1. The van der Waals surface area contributed by atoms with Gasteiger partial charge in [0.1, 0.15) is 17.3 Å². The van der Waals surface area contributed by atoms with Crippen molar-refractivity contribution in [1.29, 1.82) is 0 Å². The molecule has 0 aliphatic carbocycles. The first-order valence-corrected chi connectivity index (χ1v) is 16.7. The summed E-state index contributed by atoms with van der Waals surface area (Å²) < 4.78 is 30.5. The van der Waals surface area contributed by atoms with Crippen molar-refractivity contribution in [3.05, 3.63) is 131 Å². The van der Waals surface area contributed by atoms with Crippen molar-refractivity contribution in [2.24, 2.45) is 4.99 Å². The summed E-state index contributed by atoms with van der Waals surface area (Å²) in [5.74, 6) is 1.42. The number of carbonyl (C=O) groups is 1. The minimum absolute atomic E-state index is 0.116. The number of carbonyl (C=O) groups excluding carboxylic acids is 1. The van der Waals surface area contributed by atoms with Crippen LogP contribution in [0.4, 0.5) is 5.69 Å². The number of methoxy groups -OCH3 is 1. The van der Waals surface area contributed by atoms with Gasteiger partial charge in [-0.25, -0.2) is 9.79 Å². The quantitative estimate of drug-likeness (QED) is 0.0884. The number of ether oxygens (including phenoxy) is 4. The van der Waals surface area contributed by atoms with Crippen LogP contribution in [0.3, 0.4) is 0 Å². The summed E-state index contributed by atoms with van der Waals surface area (Å²) >= 11 is 1.14. The van der Waals surface area contributed by atoms with Crippen LogP contribution in [0.2, 0.25) is 0 Å². The number of hydrogen-bond acceptors (Lipinski definition) is 11. The fourth-order valence-corrected chi connectivity index (χ4v) is 6.68. The van der Waals surface area contributed by atoms with Gasteiger partial charge in [-0.05, 0) is 56.7 Å². The molecule has 0 bridgehead atoms. The molecule has 12 nitrogen and oxygen atoms in total. The summed E-state index contributed by atoms with van der Waals surface area (Å²) in [6, 6.07) is 21.2. The molecule has 256 valence electrons.